The molecule has 0 heteroatoms. The smallest absolute Gasteiger partial charge is 0.0163 e. The highest BCUT2D eigenvalue weighted by Gasteiger charge is 1.61. The maximum Gasteiger partial charge on any atom is -0.0163 e. The van der Waals surface area contributed by atoms with Gasteiger partial charge in [0.1, 0.15) is 0 Å². The van der Waals surface area contributed by atoms with Gasteiger partial charge in [0.2, 0.25) is 0 Å². The molecule has 0 atom stereocenters. The molecule has 0 aromatic heterocycles. The molecule has 0 unspecified atom stereocenters. The van der Waals surface area contributed by atoms with Gasteiger partial charge in [0.05, 0.1) is 0 Å². The van der Waals surface area contributed by atoms with E-state index in [1.54, 1.807) is 12.2 Å². The molecule has 0 aliphatic carbocycles. The third-order valence-electron chi connectivity index (χ3n) is 0.655. The molecule has 0 saturated heterocycles. The van der Waals surface area contributed by atoms with Crippen LogP contribution in [0.1, 0.15) is 6.42 Å². The van der Waals surface area contributed by atoms with Gasteiger partial charge in [-0.2, -0.15) is 0 Å². The SMILES string of the molecule is [CH]=CCC=CC=C[CH2]. The highest BCUT2D eigenvalue weighted by molar-refractivity contribution is 5.04. The van der Waals surface area contributed by atoms with E-state index in [0.717, 1.165) is 6.42 Å². The molecule has 0 aromatic carbocycles. The fourth-order valence-corrected chi connectivity index (χ4v) is 0.314. The van der Waals surface area contributed by atoms with Crippen molar-refractivity contribution < 1.29 is 0 Å². The summed E-state index contributed by atoms with van der Waals surface area (Å²) in [5, 5.41) is 0. The lowest BCUT2D eigenvalue weighted by atomic mass is 10.3. The van der Waals surface area contributed by atoms with Crippen molar-refractivity contribution in [2.45, 2.75) is 6.42 Å². The van der Waals surface area contributed by atoms with E-state index in [1.165, 1.54) is 0 Å². The molecule has 0 amide bonds. The topological polar surface area (TPSA) is 0 Å². The van der Waals surface area contributed by atoms with E-state index >= 15 is 0 Å². The summed E-state index contributed by atoms with van der Waals surface area (Å²) in [4.78, 5) is 0. The maximum absolute atomic E-state index is 5.09. The minimum atomic E-state index is 0.824. The fourth-order valence-electron chi connectivity index (χ4n) is 0.314. The molecular formula is C8H10. The lowest BCUT2D eigenvalue weighted by Crippen LogP contribution is -1.52. The molecule has 0 fully saturated rings. The first kappa shape index (κ1) is 7.22. The minimum absolute atomic E-state index is 0.824. The lowest BCUT2D eigenvalue weighted by Gasteiger charge is -1.73. The molecule has 0 nitrogen and oxygen atoms in total. The summed E-state index contributed by atoms with van der Waals surface area (Å²) >= 11 is 0. The molecule has 0 aliphatic rings. The first-order valence-electron chi connectivity index (χ1n) is 2.56. The van der Waals surface area contributed by atoms with Gasteiger partial charge in [-0.1, -0.05) is 37.0 Å². The first-order valence-corrected chi connectivity index (χ1v) is 2.56. The van der Waals surface area contributed by atoms with Crippen LogP contribution in [0.4, 0.5) is 0 Å². The lowest BCUT2D eigenvalue weighted by molar-refractivity contribution is 1.40. The van der Waals surface area contributed by atoms with E-state index in [2.05, 4.69) is 6.92 Å². The zero-order valence-electron chi connectivity index (χ0n) is 4.88. The Bertz CT molecular complexity index is 96.6. The Balaban J connectivity index is 3.19. The quantitative estimate of drug-likeness (QED) is 0.484. The second-order valence-electron chi connectivity index (χ2n) is 1.33. The Morgan fingerprint density at radius 2 is 2.12 bits per heavy atom. The molecule has 0 saturated carbocycles. The molecule has 0 spiro atoms. The van der Waals surface area contributed by atoms with Crippen molar-refractivity contribution in [3.8, 4) is 0 Å². The molecular weight excluding hydrogens is 96.1 g/mol. The summed E-state index contributed by atoms with van der Waals surface area (Å²) in [5.41, 5.74) is 0. The molecule has 0 N–H and O–H groups in total. The Hall–Kier alpha value is -0.780. The normalized spacial score (nSPS) is 11.1. The van der Waals surface area contributed by atoms with Crippen LogP contribution in [0.5, 0.6) is 0 Å². The van der Waals surface area contributed by atoms with Crippen LogP contribution in [0, 0.1) is 13.5 Å². The van der Waals surface area contributed by atoms with E-state index in [-0.39, 0.29) is 0 Å². The Labute approximate surface area is 51.2 Å². The standard InChI is InChI=1S/C8H10/c1-3-5-7-8-6-4-2/h1,3-4,6-8H,2,5H2. The van der Waals surface area contributed by atoms with Gasteiger partial charge in [-0.25, -0.2) is 0 Å². The van der Waals surface area contributed by atoms with E-state index < -0.39 is 0 Å². The van der Waals surface area contributed by atoms with Gasteiger partial charge < -0.3 is 0 Å². The zero-order valence-corrected chi connectivity index (χ0v) is 4.88. The van der Waals surface area contributed by atoms with E-state index in [0.29, 0.717) is 0 Å². The van der Waals surface area contributed by atoms with Gasteiger partial charge >= 0.3 is 0 Å². The Kier molecular flexibility index (Phi) is 5.61. The van der Waals surface area contributed by atoms with Crippen molar-refractivity contribution in [2.75, 3.05) is 0 Å². The average molecular weight is 106 g/mol. The summed E-state index contributed by atoms with van der Waals surface area (Å²) in [7, 11) is 0. The fraction of sp³-hybridized carbons (Fsp3) is 0.125. The molecule has 0 heterocycles. The van der Waals surface area contributed by atoms with Gasteiger partial charge in [-0.3, -0.25) is 0 Å². The second-order valence-corrected chi connectivity index (χ2v) is 1.33. The summed E-state index contributed by atoms with van der Waals surface area (Å²) in [5.74, 6) is 0. The van der Waals surface area contributed by atoms with Gasteiger partial charge in [0.25, 0.3) is 0 Å². The monoisotopic (exact) mass is 106 g/mol. The van der Waals surface area contributed by atoms with Crippen LogP contribution < -0.4 is 0 Å². The van der Waals surface area contributed by atoms with Gasteiger partial charge in [-0.05, 0) is 13.3 Å². The summed E-state index contributed by atoms with van der Waals surface area (Å²) < 4.78 is 0. The minimum Gasteiger partial charge on any atom is -0.0842 e. The number of hydrogen-bond donors (Lipinski definition) is 0. The Morgan fingerprint density at radius 3 is 2.62 bits per heavy atom. The highest BCUT2D eigenvalue weighted by Crippen LogP contribution is 1.82. The average Bonchev–Trinajstić information content (AvgIpc) is 1.81. The Morgan fingerprint density at radius 1 is 1.38 bits per heavy atom. The van der Waals surface area contributed by atoms with Crippen LogP contribution in [-0.4, -0.2) is 0 Å². The predicted molar refractivity (Wildman–Crippen MR) is 37.1 cm³/mol. The van der Waals surface area contributed by atoms with Crippen LogP contribution in [0.3, 0.4) is 0 Å². The number of allylic oxidation sites excluding steroid dienone is 5. The van der Waals surface area contributed by atoms with Gasteiger partial charge in [0.15, 0.2) is 0 Å². The van der Waals surface area contributed by atoms with Crippen LogP contribution in [0.15, 0.2) is 30.4 Å². The second kappa shape index (κ2) is 6.22. The van der Waals surface area contributed by atoms with E-state index in [4.69, 9.17) is 6.58 Å². The third kappa shape index (κ3) is 5.22. The van der Waals surface area contributed by atoms with Crippen molar-refractivity contribution in [1.29, 1.82) is 0 Å². The highest BCUT2D eigenvalue weighted by atomic mass is 13.7. The summed E-state index contributed by atoms with van der Waals surface area (Å²) in [6, 6.07) is 0. The van der Waals surface area contributed by atoms with E-state index in [9.17, 15) is 0 Å². The first-order chi connectivity index (χ1) is 3.91. The van der Waals surface area contributed by atoms with Gasteiger partial charge in [0, 0.05) is 0 Å². The van der Waals surface area contributed by atoms with Crippen molar-refractivity contribution in [3.63, 3.8) is 0 Å². The maximum atomic E-state index is 5.09. The van der Waals surface area contributed by atoms with Crippen molar-refractivity contribution in [1.82, 2.24) is 0 Å². The van der Waals surface area contributed by atoms with Gasteiger partial charge in [-0.15, -0.1) is 0 Å². The molecule has 2 radical (unpaired) electrons. The predicted octanol–water partition coefficient (Wildman–Crippen LogP) is 2.31. The largest absolute Gasteiger partial charge is 0.0842 e. The molecule has 42 valence electrons. The van der Waals surface area contributed by atoms with Crippen LogP contribution in [0.25, 0.3) is 0 Å². The van der Waals surface area contributed by atoms with Crippen molar-refractivity contribution in [2.24, 2.45) is 0 Å². The molecule has 0 aliphatic heterocycles. The number of hydrogen-bond acceptors (Lipinski definition) is 0. The van der Waals surface area contributed by atoms with Crippen LogP contribution >= 0.6 is 0 Å². The number of rotatable bonds is 3. The molecule has 0 rings (SSSR count). The third-order valence-corrected chi connectivity index (χ3v) is 0.655. The zero-order chi connectivity index (χ0) is 6.24. The molecule has 8 heavy (non-hydrogen) atoms. The van der Waals surface area contributed by atoms with Crippen LogP contribution in [0.2, 0.25) is 0 Å². The van der Waals surface area contributed by atoms with E-state index in [1.807, 2.05) is 18.2 Å². The molecule has 0 aromatic rings. The van der Waals surface area contributed by atoms with Crippen LogP contribution in [-0.2, 0) is 0 Å². The van der Waals surface area contributed by atoms with Crippen molar-refractivity contribution >= 4 is 0 Å². The summed E-state index contributed by atoms with van der Waals surface area (Å²) in [6.07, 6.45) is 9.90. The molecule has 0 bridgehead atoms. The van der Waals surface area contributed by atoms with Crippen molar-refractivity contribution in [3.05, 3.63) is 43.9 Å². The summed E-state index contributed by atoms with van der Waals surface area (Å²) in [6.45, 7) is 8.60.